The molecular formula is C12H15NO4. The van der Waals surface area contributed by atoms with Gasteiger partial charge in [-0.1, -0.05) is 30.3 Å². The number of nitrogens with two attached hydrogens (primary N) is 1. The molecule has 17 heavy (non-hydrogen) atoms. The Morgan fingerprint density at radius 1 is 1.35 bits per heavy atom. The Balaban J connectivity index is 0.000000366. The Hall–Kier alpha value is -2.30. The van der Waals surface area contributed by atoms with Crippen LogP contribution in [-0.4, -0.2) is 23.8 Å². The van der Waals surface area contributed by atoms with Crippen molar-refractivity contribution < 1.29 is 19.4 Å². The van der Waals surface area contributed by atoms with Gasteiger partial charge in [-0.15, -0.1) is 0 Å². The van der Waals surface area contributed by atoms with E-state index in [-0.39, 0.29) is 0 Å². The van der Waals surface area contributed by atoms with E-state index >= 15 is 0 Å². The fourth-order valence-corrected chi connectivity index (χ4v) is 0.874. The number of hydrogen-bond acceptors (Lipinski definition) is 3. The SMILES string of the molecule is CCOC(N)=O.O=C(O)C=Cc1ccccc1. The van der Waals surface area contributed by atoms with Crippen LogP contribution in [0.2, 0.25) is 0 Å². The maximum atomic E-state index is 10.1. The van der Waals surface area contributed by atoms with Gasteiger partial charge in [0.2, 0.25) is 0 Å². The second-order valence-corrected chi connectivity index (χ2v) is 2.83. The summed E-state index contributed by atoms with van der Waals surface area (Å²) in [5.41, 5.74) is 5.44. The number of carbonyl (C=O) groups excluding carboxylic acids is 1. The first-order valence-electron chi connectivity index (χ1n) is 4.94. The van der Waals surface area contributed by atoms with Crippen molar-refractivity contribution in [3.8, 4) is 0 Å². The van der Waals surface area contributed by atoms with Crippen LogP contribution in [0.15, 0.2) is 36.4 Å². The summed E-state index contributed by atoms with van der Waals surface area (Å²) in [4.78, 5) is 19.7. The molecule has 0 aromatic heterocycles. The van der Waals surface area contributed by atoms with Crippen molar-refractivity contribution in [1.82, 2.24) is 0 Å². The van der Waals surface area contributed by atoms with Gasteiger partial charge in [-0.3, -0.25) is 0 Å². The summed E-state index contributed by atoms with van der Waals surface area (Å²) in [5, 5.41) is 8.29. The quantitative estimate of drug-likeness (QED) is 0.785. The molecule has 92 valence electrons. The second kappa shape index (κ2) is 8.96. The van der Waals surface area contributed by atoms with Gasteiger partial charge < -0.3 is 15.6 Å². The minimum absolute atomic E-state index is 0.356. The summed E-state index contributed by atoms with van der Waals surface area (Å²) < 4.78 is 4.18. The molecular weight excluding hydrogens is 222 g/mol. The maximum absolute atomic E-state index is 10.1. The first-order chi connectivity index (χ1) is 8.06. The van der Waals surface area contributed by atoms with Crippen molar-refractivity contribution in [2.45, 2.75) is 6.92 Å². The van der Waals surface area contributed by atoms with Crippen LogP contribution < -0.4 is 5.73 Å². The van der Waals surface area contributed by atoms with Gasteiger partial charge in [0.05, 0.1) is 6.61 Å². The molecule has 5 heteroatoms. The van der Waals surface area contributed by atoms with Crippen LogP contribution in [0.1, 0.15) is 12.5 Å². The molecule has 0 aliphatic heterocycles. The van der Waals surface area contributed by atoms with Gasteiger partial charge in [0.25, 0.3) is 0 Å². The molecule has 0 unspecified atom stereocenters. The number of benzene rings is 1. The molecule has 0 atom stereocenters. The lowest BCUT2D eigenvalue weighted by Crippen LogP contribution is -2.11. The fraction of sp³-hybridized carbons (Fsp3) is 0.167. The highest BCUT2D eigenvalue weighted by Crippen LogP contribution is 1.99. The summed E-state index contributed by atoms with van der Waals surface area (Å²) in [5.74, 6) is -0.922. The number of hydrogen-bond donors (Lipinski definition) is 2. The van der Waals surface area contributed by atoms with E-state index in [2.05, 4.69) is 10.5 Å². The van der Waals surface area contributed by atoms with Crippen molar-refractivity contribution >= 4 is 18.1 Å². The van der Waals surface area contributed by atoms with Crippen molar-refractivity contribution in [1.29, 1.82) is 0 Å². The monoisotopic (exact) mass is 237 g/mol. The van der Waals surface area contributed by atoms with Crippen molar-refractivity contribution in [2.75, 3.05) is 6.61 Å². The van der Waals surface area contributed by atoms with Crippen LogP contribution in [-0.2, 0) is 9.53 Å². The molecule has 0 aliphatic carbocycles. The highest BCUT2D eigenvalue weighted by Gasteiger charge is 1.86. The first-order valence-corrected chi connectivity index (χ1v) is 4.94. The third kappa shape index (κ3) is 9.99. The molecule has 1 amide bonds. The van der Waals surface area contributed by atoms with Gasteiger partial charge >= 0.3 is 12.1 Å². The Kier molecular flexibility index (Phi) is 7.75. The molecule has 5 nitrogen and oxygen atoms in total. The zero-order chi connectivity index (χ0) is 13.1. The number of amides is 1. The molecule has 0 fully saturated rings. The molecule has 1 aromatic rings. The lowest BCUT2D eigenvalue weighted by molar-refractivity contribution is -0.131. The number of carboxylic acids is 1. The molecule has 0 radical (unpaired) electrons. The predicted octanol–water partition coefficient (Wildman–Crippen LogP) is 1.89. The average Bonchev–Trinajstić information content (AvgIpc) is 2.28. The molecule has 1 rings (SSSR count). The standard InChI is InChI=1S/C9H8O2.C3H7NO2/c10-9(11)7-6-8-4-2-1-3-5-8;1-2-6-3(4)5/h1-7H,(H,10,11);2H2,1H3,(H2,4,5). The fourth-order valence-electron chi connectivity index (χ4n) is 0.874. The van der Waals surface area contributed by atoms with Crippen LogP contribution in [0.5, 0.6) is 0 Å². The van der Waals surface area contributed by atoms with E-state index in [0.29, 0.717) is 6.61 Å². The van der Waals surface area contributed by atoms with Gasteiger partial charge in [-0.2, -0.15) is 0 Å². The van der Waals surface area contributed by atoms with Crippen LogP contribution in [0.3, 0.4) is 0 Å². The van der Waals surface area contributed by atoms with Crippen molar-refractivity contribution in [3.05, 3.63) is 42.0 Å². The van der Waals surface area contributed by atoms with E-state index in [1.54, 1.807) is 13.0 Å². The number of primary amides is 1. The summed E-state index contributed by atoms with van der Waals surface area (Å²) in [6.07, 6.45) is 1.97. The number of aliphatic carboxylic acids is 1. The molecule has 0 heterocycles. The molecule has 1 aromatic carbocycles. The molecule has 0 saturated carbocycles. The average molecular weight is 237 g/mol. The second-order valence-electron chi connectivity index (χ2n) is 2.83. The van der Waals surface area contributed by atoms with Gasteiger partial charge in [-0.05, 0) is 18.6 Å². The van der Waals surface area contributed by atoms with Crippen LogP contribution >= 0.6 is 0 Å². The summed E-state index contributed by atoms with van der Waals surface area (Å²) in [6, 6.07) is 9.31. The first kappa shape index (κ1) is 14.7. The molecule has 0 aliphatic rings. The van der Waals surface area contributed by atoms with E-state index in [4.69, 9.17) is 5.11 Å². The van der Waals surface area contributed by atoms with Crippen molar-refractivity contribution in [3.63, 3.8) is 0 Å². The highest BCUT2D eigenvalue weighted by molar-refractivity contribution is 5.85. The van der Waals surface area contributed by atoms with E-state index in [0.717, 1.165) is 11.6 Å². The topological polar surface area (TPSA) is 89.6 Å². The Labute approximate surface area is 99.5 Å². The molecule has 0 bridgehead atoms. The third-order valence-electron chi connectivity index (χ3n) is 1.50. The van der Waals surface area contributed by atoms with Gasteiger partial charge in [-0.25, -0.2) is 9.59 Å². The normalized spacial score (nSPS) is 9.24. The minimum Gasteiger partial charge on any atom is -0.478 e. The predicted molar refractivity (Wildman–Crippen MR) is 64.3 cm³/mol. The largest absolute Gasteiger partial charge is 0.478 e. The maximum Gasteiger partial charge on any atom is 0.404 e. The lowest BCUT2D eigenvalue weighted by atomic mass is 10.2. The van der Waals surface area contributed by atoms with Gasteiger partial charge in [0.15, 0.2) is 0 Å². The Morgan fingerprint density at radius 2 is 1.94 bits per heavy atom. The lowest BCUT2D eigenvalue weighted by Gasteiger charge is -1.89. The zero-order valence-electron chi connectivity index (χ0n) is 9.50. The number of carbonyl (C=O) groups is 2. The van der Waals surface area contributed by atoms with Crippen LogP contribution in [0.4, 0.5) is 4.79 Å². The highest BCUT2D eigenvalue weighted by atomic mass is 16.5. The van der Waals surface area contributed by atoms with E-state index in [1.807, 2.05) is 30.3 Å². The van der Waals surface area contributed by atoms with Crippen LogP contribution in [0, 0.1) is 0 Å². The summed E-state index contributed by atoms with van der Waals surface area (Å²) in [7, 11) is 0. The minimum atomic E-state index is -0.922. The van der Waals surface area contributed by atoms with Gasteiger partial charge in [0, 0.05) is 6.08 Å². The number of ether oxygens (including phenoxy) is 1. The third-order valence-corrected chi connectivity index (χ3v) is 1.50. The van der Waals surface area contributed by atoms with E-state index in [1.165, 1.54) is 0 Å². The van der Waals surface area contributed by atoms with Crippen molar-refractivity contribution in [2.24, 2.45) is 5.73 Å². The zero-order valence-corrected chi connectivity index (χ0v) is 9.50. The van der Waals surface area contributed by atoms with Crippen LogP contribution in [0.25, 0.3) is 6.08 Å². The summed E-state index contributed by atoms with van der Waals surface area (Å²) in [6.45, 7) is 2.06. The molecule has 0 saturated heterocycles. The molecule has 3 N–H and O–H groups in total. The number of carboxylic acid groups (broad SMARTS) is 1. The summed E-state index contributed by atoms with van der Waals surface area (Å²) >= 11 is 0. The Morgan fingerprint density at radius 3 is 2.29 bits per heavy atom. The Bertz CT molecular complexity index is 373. The number of rotatable bonds is 3. The molecule has 0 spiro atoms. The smallest absolute Gasteiger partial charge is 0.404 e. The van der Waals surface area contributed by atoms with E-state index in [9.17, 15) is 9.59 Å². The van der Waals surface area contributed by atoms with Gasteiger partial charge in [0.1, 0.15) is 0 Å². The van der Waals surface area contributed by atoms with E-state index < -0.39 is 12.1 Å².